The molecule has 0 radical (unpaired) electrons. The summed E-state index contributed by atoms with van der Waals surface area (Å²) < 4.78 is 24.8. The number of methoxy groups -OCH3 is 2. The molecular weight excluding hydrogens is 309 g/mol. The van der Waals surface area contributed by atoms with E-state index in [0.717, 1.165) is 24.0 Å². The molecule has 2 aromatic rings. The van der Waals surface area contributed by atoms with Crippen molar-refractivity contribution in [2.24, 2.45) is 0 Å². The average Bonchev–Trinajstić information content (AvgIpc) is 2.61. The zero-order valence-electron chi connectivity index (χ0n) is 13.8. The number of anilines is 1. The van der Waals surface area contributed by atoms with Crippen LogP contribution in [0.1, 0.15) is 17.5 Å². The molecule has 0 saturated carbocycles. The van der Waals surface area contributed by atoms with Gasteiger partial charge >= 0.3 is 0 Å². The lowest BCUT2D eigenvalue weighted by molar-refractivity contribution is -0.118. The number of ether oxygens (including phenoxy) is 2. The van der Waals surface area contributed by atoms with Crippen LogP contribution in [0.2, 0.25) is 0 Å². The molecule has 0 unspecified atom stereocenters. The number of halogens is 1. The van der Waals surface area contributed by atoms with Gasteiger partial charge in [-0.2, -0.15) is 0 Å². The van der Waals surface area contributed by atoms with E-state index in [9.17, 15) is 9.18 Å². The van der Waals surface area contributed by atoms with Gasteiger partial charge in [-0.3, -0.25) is 4.79 Å². The first kappa shape index (κ1) is 16.3. The fourth-order valence-electron chi connectivity index (χ4n) is 3.13. The molecule has 0 fully saturated rings. The van der Waals surface area contributed by atoms with Crippen LogP contribution < -0.4 is 14.4 Å². The molecule has 3 rings (SSSR count). The number of carbonyl (C=O) groups is 1. The molecule has 0 aliphatic carbocycles. The molecule has 0 atom stereocenters. The van der Waals surface area contributed by atoms with E-state index < -0.39 is 0 Å². The van der Waals surface area contributed by atoms with Gasteiger partial charge in [-0.15, -0.1) is 0 Å². The topological polar surface area (TPSA) is 38.8 Å². The van der Waals surface area contributed by atoms with Gasteiger partial charge < -0.3 is 14.4 Å². The number of benzene rings is 2. The summed E-state index contributed by atoms with van der Waals surface area (Å²) in [6.45, 7) is 0.527. The smallest absolute Gasteiger partial charge is 0.231 e. The third-order valence-electron chi connectivity index (χ3n) is 4.30. The Labute approximate surface area is 140 Å². The van der Waals surface area contributed by atoms with Crippen LogP contribution in [-0.2, 0) is 17.6 Å². The molecule has 2 aromatic carbocycles. The van der Waals surface area contributed by atoms with Crippen LogP contribution in [0.25, 0.3) is 0 Å². The van der Waals surface area contributed by atoms with E-state index in [1.54, 1.807) is 43.4 Å². The fraction of sp³-hybridized carbons (Fsp3) is 0.316. The zero-order chi connectivity index (χ0) is 17.1. The predicted molar refractivity (Wildman–Crippen MR) is 90.3 cm³/mol. The Morgan fingerprint density at radius 3 is 2.79 bits per heavy atom. The molecule has 1 aliphatic heterocycles. The summed E-state index contributed by atoms with van der Waals surface area (Å²) >= 11 is 0. The van der Waals surface area contributed by atoms with Crippen molar-refractivity contribution < 1.29 is 18.7 Å². The normalized spacial score (nSPS) is 13.4. The summed E-state index contributed by atoms with van der Waals surface area (Å²) in [5.41, 5.74) is 2.02. The Morgan fingerprint density at radius 2 is 2.04 bits per heavy atom. The Morgan fingerprint density at radius 1 is 1.21 bits per heavy atom. The van der Waals surface area contributed by atoms with Crippen LogP contribution in [0.4, 0.5) is 10.1 Å². The predicted octanol–water partition coefficient (Wildman–Crippen LogP) is 3.36. The number of para-hydroxylation sites is 1. The molecule has 24 heavy (non-hydrogen) atoms. The SMILES string of the molecule is COc1ccc(OC)c(CC(=O)N2CCCc3cccc(F)c32)c1. The van der Waals surface area contributed by atoms with Crippen molar-refractivity contribution in [1.82, 2.24) is 0 Å². The number of nitrogens with zero attached hydrogens (tertiary/aromatic N) is 1. The van der Waals surface area contributed by atoms with E-state index in [4.69, 9.17) is 9.47 Å². The fourth-order valence-corrected chi connectivity index (χ4v) is 3.13. The molecule has 126 valence electrons. The minimum Gasteiger partial charge on any atom is -0.497 e. The number of hydrogen-bond acceptors (Lipinski definition) is 3. The van der Waals surface area contributed by atoms with Crippen molar-refractivity contribution in [3.63, 3.8) is 0 Å². The lowest BCUT2D eigenvalue weighted by Crippen LogP contribution is -2.37. The summed E-state index contributed by atoms with van der Waals surface area (Å²) in [7, 11) is 3.13. The van der Waals surface area contributed by atoms with Crippen molar-refractivity contribution in [1.29, 1.82) is 0 Å². The molecule has 1 amide bonds. The first-order chi connectivity index (χ1) is 11.6. The maximum Gasteiger partial charge on any atom is 0.231 e. The molecule has 1 aliphatic rings. The Bertz CT molecular complexity index is 760. The van der Waals surface area contributed by atoms with Crippen LogP contribution in [-0.4, -0.2) is 26.7 Å². The highest BCUT2D eigenvalue weighted by Crippen LogP contribution is 2.31. The molecular formula is C19H20FNO3. The number of hydrogen-bond donors (Lipinski definition) is 0. The second kappa shape index (κ2) is 6.91. The summed E-state index contributed by atoms with van der Waals surface area (Å²) in [5.74, 6) is 0.782. The van der Waals surface area contributed by atoms with E-state index in [1.807, 2.05) is 6.07 Å². The van der Waals surface area contributed by atoms with Gasteiger partial charge in [0, 0.05) is 12.1 Å². The van der Waals surface area contributed by atoms with Crippen molar-refractivity contribution in [3.05, 3.63) is 53.3 Å². The summed E-state index contributed by atoms with van der Waals surface area (Å²) in [4.78, 5) is 14.4. The molecule has 0 N–H and O–H groups in total. The Kier molecular flexibility index (Phi) is 4.69. The van der Waals surface area contributed by atoms with E-state index in [0.29, 0.717) is 23.7 Å². The highest BCUT2D eigenvalue weighted by Gasteiger charge is 2.26. The average molecular weight is 329 g/mol. The third-order valence-corrected chi connectivity index (χ3v) is 4.30. The number of amides is 1. The highest BCUT2D eigenvalue weighted by atomic mass is 19.1. The zero-order valence-corrected chi connectivity index (χ0v) is 13.8. The lowest BCUT2D eigenvalue weighted by atomic mass is 10.00. The highest BCUT2D eigenvalue weighted by molar-refractivity contribution is 5.96. The number of carbonyl (C=O) groups excluding carboxylic acids is 1. The van der Waals surface area contributed by atoms with Gasteiger partial charge in [0.1, 0.15) is 17.3 Å². The van der Waals surface area contributed by atoms with Gasteiger partial charge in [0.25, 0.3) is 0 Å². The first-order valence-electron chi connectivity index (χ1n) is 7.92. The number of rotatable bonds is 4. The van der Waals surface area contributed by atoms with Crippen molar-refractivity contribution in [2.75, 3.05) is 25.7 Å². The van der Waals surface area contributed by atoms with E-state index in [-0.39, 0.29) is 18.1 Å². The third kappa shape index (κ3) is 3.07. The van der Waals surface area contributed by atoms with Crippen molar-refractivity contribution in [2.45, 2.75) is 19.3 Å². The molecule has 4 nitrogen and oxygen atoms in total. The van der Waals surface area contributed by atoms with Gasteiger partial charge in [0.05, 0.1) is 26.3 Å². The molecule has 5 heteroatoms. The first-order valence-corrected chi connectivity index (χ1v) is 7.92. The van der Waals surface area contributed by atoms with Crippen LogP contribution >= 0.6 is 0 Å². The standard InChI is InChI=1S/C19H20FNO3/c1-23-15-8-9-17(24-2)14(11-15)12-18(22)21-10-4-6-13-5-3-7-16(20)19(13)21/h3,5,7-9,11H,4,6,10,12H2,1-2H3. The summed E-state index contributed by atoms with van der Waals surface area (Å²) in [5, 5.41) is 0. The summed E-state index contributed by atoms with van der Waals surface area (Å²) in [6.07, 6.45) is 1.75. The number of fused-ring (bicyclic) bond motifs is 1. The van der Waals surface area contributed by atoms with Gasteiger partial charge in [-0.1, -0.05) is 12.1 Å². The van der Waals surface area contributed by atoms with Gasteiger partial charge in [0.2, 0.25) is 5.91 Å². The van der Waals surface area contributed by atoms with Crippen molar-refractivity contribution in [3.8, 4) is 11.5 Å². The maximum absolute atomic E-state index is 14.2. The van der Waals surface area contributed by atoms with E-state index in [1.165, 1.54) is 6.07 Å². The maximum atomic E-state index is 14.2. The molecule has 0 spiro atoms. The van der Waals surface area contributed by atoms with Crippen LogP contribution in [0.5, 0.6) is 11.5 Å². The monoisotopic (exact) mass is 329 g/mol. The minimum atomic E-state index is -0.349. The molecule has 0 aromatic heterocycles. The quantitative estimate of drug-likeness (QED) is 0.863. The van der Waals surface area contributed by atoms with E-state index >= 15 is 0 Å². The molecule has 0 bridgehead atoms. The van der Waals surface area contributed by atoms with Crippen LogP contribution in [0.3, 0.4) is 0 Å². The second-order valence-electron chi connectivity index (χ2n) is 5.75. The molecule has 1 heterocycles. The lowest BCUT2D eigenvalue weighted by Gasteiger charge is -2.30. The Balaban J connectivity index is 1.90. The van der Waals surface area contributed by atoms with Crippen molar-refractivity contribution >= 4 is 11.6 Å². The largest absolute Gasteiger partial charge is 0.497 e. The van der Waals surface area contributed by atoms with Gasteiger partial charge in [-0.05, 0) is 42.7 Å². The van der Waals surface area contributed by atoms with Crippen LogP contribution in [0.15, 0.2) is 36.4 Å². The van der Waals surface area contributed by atoms with Crippen LogP contribution in [0, 0.1) is 5.82 Å². The van der Waals surface area contributed by atoms with Gasteiger partial charge in [-0.25, -0.2) is 4.39 Å². The number of aryl methyl sites for hydroxylation is 1. The second-order valence-corrected chi connectivity index (χ2v) is 5.75. The van der Waals surface area contributed by atoms with E-state index in [2.05, 4.69) is 0 Å². The minimum absolute atomic E-state index is 0.133. The van der Waals surface area contributed by atoms with Gasteiger partial charge in [0.15, 0.2) is 0 Å². The Hall–Kier alpha value is -2.56. The summed E-state index contributed by atoms with van der Waals surface area (Å²) in [6, 6.07) is 10.3. The molecule has 0 saturated heterocycles.